The van der Waals surface area contributed by atoms with Gasteiger partial charge in [-0.1, -0.05) is 13.3 Å². The van der Waals surface area contributed by atoms with E-state index in [9.17, 15) is 0 Å². The lowest BCUT2D eigenvalue weighted by Crippen LogP contribution is -2.40. The van der Waals surface area contributed by atoms with Crippen LogP contribution in [0.15, 0.2) is 6.33 Å². The summed E-state index contributed by atoms with van der Waals surface area (Å²) in [6.07, 6.45) is 7.28. The number of likely N-dealkylation sites (N-methyl/N-ethyl adjacent to an activating group) is 1. The van der Waals surface area contributed by atoms with E-state index in [2.05, 4.69) is 42.7 Å². The normalized spacial score (nSPS) is 29.5. The fraction of sp³-hybridized carbons (Fsp3) is 0.786. The van der Waals surface area contributed by atoms with Gasteiger partial charge in [0.2, 0.25) is 0 Å². The molecule has 0 saturated heterocycles. The molecule has 0 spiro atoms. The Kier molecular flexibility index (Phi) is 3.87. The summed E-state index contributed by atoms with van der Waals surface area (Å²) < 4.78 is 2.39. The third-order valence-corrected chi connectivity index (χ3v) is 4.52. The van der Waals surface area contributed by atoms with Gasteiger partial charge in [0.05, 0.1) is 18.1 Å². The third-order valence-electron chi connectivity index (χ3n) is 4.52. The maximum atomic E-state index is 4.45. The molecule has 1 aromatic rings. The summed E-state index contributed by atoms with van der Waals surface area (Å²) in [5.74, 6) is 0.881. The van der Waals surface area contributed by atoms with E-state index >= 15 is 0 Å². The molecule has 3 heteroatoms. The second kappa shape index (κ2) is 5.21. The van der Waals surface area contributed by atoms with Gasteiger partial charge in [-0.15, -0.1) is 0 Å². The molecule has 3 atom stereocenters. The van der Waals surface area contributed by atoms with E-state index in [0.717, 1.165) is 5.92 Å². The smallest absolute Gasteiger partial charge is 0.0954 e. The highest BCUT2D eigenvalue weighted by atomic mass is 15.1. The van der Waals surface area contributed by atoms with Gasteiger partial charge in [-0.2, -0.15) is 0 Å². The van der Waals surface area contributed by atoms with Crippen molar-refractivity contribution < 1.29 is 0 Å². The van der Waals surface area contributed by atoms with Crippen LogP contribution in [-0.2, 0) is 0 Å². The topological polar surface area (TPSA) is 29.9 Å². The number of nitrogens with zero attached hydrogens (tertiary/aromatic N) is 2. The van der Waals surface area contributed by atoms with Crippen molar-refractivity contribution in [3.63, 3.8) is 0 Å². The fourth-order valence-electron chi connectivity index (χ4n) is 3.10. The minimum atomic E-state index is 0.583. The molecular formula is C14H25N3. The Morgan fingerprint density at radius 2 is 2.18 bits per heavy atom. The highest BCUT2D eigenvalue weighted by Crippen LogP contribution is 2.35. The Balaban J connectivity index is 2.23. The molecule has 1 fully saturated rings. The first-order valence-electron chi connectivity index (χ1n) is 6.84. The molecule has 1 aliphatic rings. The van der Waals surface area contributed by atoms with Crippen molar-refractivity contribution in [1.82, 2.24) is 14.9 Å². The van der Waals surface area contributed by atoms with E-state index in [1.807, 2.05) is 6.33 Å². The van der Waals surface area contributed by atoms with Crippen LogP contribution >= 0.6 is 0 Å². The Morgan fingerprint density at radius 3 is 2.71 bits per heavy atom. The molecule has 0 aromatic carbocycles. The quantitative estimate of drug-likeness (QED) is 0.873. The van der Waals surface area contributed by atoms with Crippen molar-refractivity contribution in [2.45, 2.75) is 58.5 Å². The van der Waals surface area contributed by atoms with E-state index in [1.54, 1.807) is 0 Å². The first-order chi connectivity index (χ1) is 8.17. The molecular weight excluding hydrogens is 210 g/mol. The van der Waals surface area contributed by atoms with Gasteiger partial charge in [-0.05, 0) is 46.1 Å². The molecule has 0 aliphatic heterocycles. The van der Waals surface area contributed by atoms with Gasteiger partial charge in [0, 0.05) is 11.7 Å². The molecule has 1 heterocycles. The van der Waals surface area contributed by atoms with Gasteiger partial charge in [-0.3, -0.25) is 0 Å². The Bertz CT molecular complexity index is 370. The molecule has 96 valence electrons. The lowest BCUT2D eigenvalue weighted by Gasteiger charge is -2.37. The van der Waals surface area contributed by atoms with Gasteiger partial charge in [0.25, 0.3) is 0 Å². The summed E-state index contributed by atoms with van der Waals surface area (Å²) in [6, 6.07) is 1.19. The van der Waals surface area contributed by atoms with Crippen LogP contribution in [0.25, 0.3) is 0 Å². The highest BCUT2D eigenvalue weighted by Gasteiger charge is 2.30. The number of aryl methyl sites for hydroxylation is 1. The van der Waals surface area contributed by atoms with Crippen LogP contribution in [0, 0.1) is 19.8 Å². The van der Waals surface area contributed by atoms with E-state index in [1.165, 1.54) is 37.1 Å². The standard InChI is InChI=1S/C14H25N3/c1-5-12-6-7-13(15-4)14(8-12)17-9-16-10(2)11(17)3/h9,12-15H,5-8H2,1-4H3. The molecule has 0 amide bonds. The van der Waals surface area contributed by atoms with Crippen molar-refractivity contribution in [2.24, 2.45) is 5.92 Å². The number of imidazole rings is 1. The molecule has 1 saturated carbocycles. The summed E-state index contributed by atoms with van der Waals surface area (Å²) in [5, 5.41) is 3.48. The number of aromatic nitrogens is 2. The minimum Gasteiger partial charge on any atom is -0.330 e. The second-order valence-electron chi connectivity index (χ2n) is 5.37. The fourth-order valence-corrected chi connectivity index (χ4v) is 3.10. The highest BCUT2D eigenvalue weighted by molar-refractivity contribution is 5.11. The van der Waals surface area contributed by atoms with E-state index in [-0.39, 0.29) is 0 Å². The Labute approximate surface area is 105 Å². The van der Waals surface area contributed by atoms with Crippen LogP contribution in [0.1, 0.15) is 50.0 Å². The third kappa shape index (κ3) is 2.39. The molecule has 2 rings (SSSR count). The second-order valence-corrected chi connectivity index (χ2v) is 5.37. The maximum Gasteiger partial charge on any atom is 0.0954 e. The van der Waals surface area contributed by atoms with Crippen LogP contribution in [0.3, 0.4) is 0 Å². The van der Waals surface area contributed by atoms with Crippen molar-refractivity contribution in [1.29, 1.82) is 0 Å². The molecule has 17 heavy (non-hydrogen) atoms. The Hall–Kier alpha value is -0.830. The van der Waals surface area contributed by atoms with Crippen LogP contribution in [0.4, 0.5) is 0 Å². The average Bonchev–Trinajstić information content (AvgIpc) is 2.69. The summed E-state index contributed by atoms with van der Waals surface area (Å²) in [5.41, 5.74) is 2.49. The number of rotatable bonds is 3. The number of nitrogens with one attached hydrogen (secondary N) is 1. The van der Waals surface area contributed by atoms with Crippen LogP contribution in [0.5, 0.6) is 0 Å². The zero-order valence-electron chi connectivity index (χ0n) is 11.5. The minimum absolute atomic E-state index is 0.583. The lowest BCUT2D eigenvalue weighted by atomic mass is 9.81. The van der Waals surface area contributed by atoms with Crippen molar-refractivity contribution in [3.8, 4) is 0 Å². The Morgan fingerprint density at radius 1 is 1.41 bits per heavy atom. The summed E-state index contributed by atoms with van der Waals surface area (Å²) in [7, 11) is 2.09. The van der Waals surface area contributed by atoms with Crippen LogP contribution < -0.4 is 5.32 Å². The van der Waals surface area contributed by atoms with Gasteiger partial charge < -0.3 is 9.88 Å². The van der Waals surface area contributed by atoms with Crippen molar-refractivity contribution in [3.05, 3.63) is 17.7 Å². The van der Waals surface area contributed by atoms with Gasteiger partial charge in [-0.25, -0.2) is 4.98 Å². The van der Waals surface area contributed by atoms with E-state index in [0.29, 0.717) is 12.1 Å². The van der Waals surface area contributed by atoms with Crippen molar-refractivity contribution in [2.75, 3.05) is 7.05 Å². The molecule has 3 nitrogen and oxygen atoms in total. The van der Waals surface area contributed by atoms with Crippen LogP contribution in [0.2, 0.25) is 0 Å². The zero-order valence-corrected chi connectivity index (χ0v) is 11.5. The largest absolute Gasteiger partial charge is 0.330 e. The maximum absolute atomic E-state index is 4.45. The van der Waals surface area contributed by atoms with Crippen molar-refractivity contribution >= 4 is 0 Å². The zero-order chi connectivity index (χ0) is 12.4. The van der Waals surface area contributed by atoms with Gasteiger partial charge >= 0.3 is 0 Å². The van der Waals surface area contributed by atoms with Crippen LogP contribution in [-0.4, -0.2) is 22.6 Å². The molecule has 0 bridgehead atoms. The molecule has 1 aliphatic carbocycles. The predicted molar refractivity (Wildman–Crippen MR) is 71.2 cm³/mol. The van der Waals surface area contributed by atoms with E-state index in [4.69, 9.17) is 0 Å². The van der Waals surface area contributed by atoms with Gasteiger partial charge in [0.15, 0.2) is 0 Å². The molecule has 1 aromatic heterocycles. The summed E-state index contributed by atoms with van der Waals surface area (Å²) in [6.45, 7) is 6.60. The van der Waals surface area contributed by atoms with Gasteiger partial charge in [0.1, 0.15) is 0 Å². The molecule has 1 N–H and O–H groups in total. The molecule has 0 radical (unpaired) electrons. The monoisotopic (exact) mass is 235 g/mol. The SMILES string of the molecule is CCC1CCC(NC)C(n2cnc(C)c2C)C1. The number of hydrogen-bond donors (Lipinski definition) is 1. The first-order valence-corrected chi connectivity index (χ1v) is 6.84. The summed E-state index contributed by atoms with van der Waals surface area (Å²) in [4.78, 5) is 4.45. The van der Waals surface area contributed by atoms with E-state index < -0.39 is 0 Å². The summed E-state index contributed by atoms with van der Waals surface area (Å²) >= 11 is 0. The average molecular weight is 235 g/mol. The number of hydrogen-bond acceptors (Lipinski definition) is 2. The lowest BCUT2D eigenvalue weighted by molar-refractivity contribution is 0.207. The molecule has 3 unspecified atom stereocenters. The predicted octanol–water partition coefficient (Wildman–Crippen LogP) is 2.84. The first kappa shape index (κ1) is 12.6.